The summed E-state index contributed by atoms with van der Waals surface area (Å²) in [5.41, 5.74) is -1.09. The maximum atomic E-state index is 12.9. The number of anilines is 1. The molecular formula is C18H27N5O3. The number of carbonyl (C=O) groups is 2. The molecule has 26 heavy (non-hydrogen) atoms. The number of ether oxygens (including phenoxy) is 1. The number of carbonyl (C=O) groups excluding carboxylic acids is 2. The van der Waals surface area contributed by atoms with Crippen molar-refractivity contribution in [1.29, 1.82) is 0 Å². The van der Waals surface area contributed by atoms with Crippen molar-refractivity contribution < 1.29 is 14.3 Å². The summed E-state index contributed by atoms with van der Waals surface area (Å²) in [5.74, 6) is 0.288. The molecule has 2 amide bonds. The van der Waals surface area contributed by atoms with Crippen LogP contribution in [0.2, 0.25) is 0 Å². The van der Waals surface area contributed by atoms with E-state index in [2.05, 4.69) is 15.3 Å². The fourth-order valence-corrected chi connectivity index (χ4v) is 3.29. The van der Waals surface area contributed by atoms with Gasteiger partial charge in [-0.05, 0) is 32.8 Å². The molecule has 142 valence electrons. The summed E-state index contributed by atoms with van der Waals surface area (Å²) in [6.07, 6.45) is 5.47. The third kappa shape index (κ3) is 4.12. The van der Waals surface area contributed by atoms with Crippen molar-refractivity contribution in [3.63, 3.8) is 0 Å². The van der Waals surface area contributed by atoms with Gasteiger partial charge in [-0.2, -0.15) is 0 Å². The van der Waals surface area contributed by atoms with Crippen LogP contribution in [0.3, 0.4) is 0 Å². The highest BCUT2D eigenvalue weighted by Gasteiger charge is 2.40. The van der Waals surface area contributed by atoms with E-state index in [4.69, 9.17) is 4.74 Å². The molecule has 0 aliphatic carbocycles. The van der Waals surface area contributed by atoms with Crippen molar-refractivity contribution in [2.45, 2.75) is 32.8 Å². The Morgan fingerprint density at radius 3 is 2.54 bits per heavy atom. The highest BCUT2D eigenvalue weighted by atomic mass is 16.5. The molecule has 1 N–H and O–H groups in total. The fourth-order valence-electron chi connectivity index (χ4n) is 3.29. The summed E-state index contributed by atoms with van der Waals surface area (Å²) < 4.78 is 5.52. The molecule has 3 rings (SSSR count). The second kappa shape index (κ2) is 7.99. The van der Waals surface area contributed by atoms with E-state index in [-0.39, 0.29) is 17.9 Å². The molecule has 0 radical (unpaired) electrons. The van der Waals surface area contributed by atoms with E-state index in [1.165, 1.54) is 0 Å². The van der Waals surface area contributed by atoms with Gasteiger partial charge in [0.1, 0.15) is 5.41 Å². The lowest BCUT2D eigenvalue weighted by molar-refractivity contribution is -0.149. The molecule has 1 aromatic rings. The topological polar surface area (TPSA) is 87.7 Å². The summed E-state index contributed by atoms with van der Waals surface area (Å²) in [4.78, 5) is 37.7. The first-order valence-electron chi connectivity index (χ1n) is 9.20. The van der Waals surface area contributed by atoms with Gasteiger partial charge in [-0.1, -0.05) is 0 Å². The third-order valence-corrected chi connectivity index (χ3v) is 5.02. The monoisotopic (exact) mass is 361 g/mol. The van der Waals surface area contributed by atoms with Crippen LogP contribution in [-0.2, 0) is 14.3 Å². The molecular weight excluding hydrogens is 334 g/mol. The van der Waals surface area contributed by atoms with Gasteiger partial charge in [0.15, 0.2) is 0 Å². The smallest absolute Gasteiger partial charge is 0.237 e. The molecule has 1 aromatic heterocycles. The van der Waals surface area contributed by atoms with Crippen molar-refractivity contribution >= 4 is 17.8 Å². The maximum absolute atomic E-state index is 12.9. The second-order valence-electron chi connectivity index (χ2n) is 7.30. The average Bonchev–Trinajstić information content (AvgIpc) is 3.20. The largest absolute Gasteiger partial charge is 0.376 e. The van der Waals surface area contributed by atoms with Gasteiger partial charge in [-0.25, -0.2) is 9.97 Å². The summed E-state index contributed by atoms with van der Waals surface area (Å²) in [5, 5.41) is 2.88. The number of hydrogen-bond donors (Lipinski definition) is 1. The Morgan fingerprint density at radius 2 is 1.92 bits per heavy atom. The van der Waals surface area contributed by atoms with Gasteiger partial charge in [-0.15, -0.1) is 0 Å². The van der Waals surface area contributed by atoms with Crippen LogP contribution < -0.4 is 10.2 Å². The number of amides is 2. The zero-order valence-electron chi connectivity index (χ0n) is 15.5. The fraction of sp³-hybridized carbons (Fsp3) is 0.667. The van der Waals surface area contributed by atoms with Gasteiger partial charge in [0.25, 0.3) is 0 Å². The predicted octanol–water partition coefficient (Wildman–Crippen LogP) is 0.447. The van der Waals surface area contributed by atoms with Crippen molar-refractivity contribution in [1.82, 2.24) is 20.2 Å². The molecule has 3 heterocycles. The van der Waals surface area contributed by atoms with Gasteiger partial charge in [0.05, 0.1) is 6.10 Å². The van der Waals surface area contributed by atoms with Gasteiger partial charge >= 0.3 is 0 Å². The van der Waals surface area contributed by atoms with Crippen LogP contribution in [0.1, 0.15) is 26.7 Å². The Hall–Kier alpha value is -2.22. The molecule has 0 saturated carbocycles. The number of piperazine rings is 1. The first kappa shape index (κ1) is 18.6. The van der Waals surface area contributed by atoms with Crippen LogP contribution in [0, 0.1) is 5.41 Å². The van der Waals surface area contributed by atoms with Gasteiger partial charge in [0, 0.05) is 51.7 Å². The molecule has 0 spiro atoms. The van der Waals surface area contributed by atoms with Crippen LogP contribution >= 0.6 is 0 Å². The minimum Gasteiger partial charge on any atom is -0.376 e. The van der Waals surface area contributed by atoms with Crippen LogP contribution in [0.15, 0.2) is 18.5 Å². The number of hydrogen-bond acceptors (Lipinski definition) is 6. The lowest BCUT2D eigenvalue weighted by Gasteiger charge is -2.38. The van der Waals surface area contributed by atoms with E-state index in [0.717, 1.165) is 19.4 Å². The van der Waals surface area contributed by atoms with Crippen LogP contribution in [-0.4, -0.2) is 72.1 Å². The van der Waals surface area contributed by atoms with E-state index in [1.54, 1.807) is 37.2 Å². The molecule has 0 aromatic carbocycles. The Bertz CT molecular complexity index is 623. The summed E-state index contributed by atoms with van der Waals surface area (Å²) >= 11 is 0. The number of aromatic nitrogens is 2. The number of nitrogens with one attached hydrogen (secondary N) is 1. The predicted molar refractivity (Wildman–Crippen MR) is 96.6 cm³/mol. The van der Waals surface area contributed by atoms with E-state index < -0.39 is 5.41 Å². The Kier molecular flexibility index (Phi) is 5.70. The maximum Gasteiger partial charge on any atom is 0.237 e. The molecule has 0 bridgehead atoms. The van der Waals surface area contributed by atoms with E-state index in [1.807, 2.05) is 4.90 Å². The molecule has 8 heteroatoms. The van der Waals surface area contributed by atoms with E-state index in [9.17, 15) is 9.59 Å². The standard InChI is InChI=1S/C18H27N5O3/c1-18(2,15(24)21-13-14-5-3-12-26-14)16(25)22-8-10-23(11-9-22)17-19-6-4-7-20-17/h4,6-7,14H,3,5,8-13H2,1-2H3,(H,21,24). The summed E-state index contributed by atoms with van der Waals surface area (Å²) in [6, 6.07) is 1.78. The highest BCUT2D eigenvalue weighted by molar-refractivity contribution is 6.04. The average molecular weight is 361 g/mol. The molecule has 2 saturated heterocycles. The number of nitrogens with zero attached hydrogens (tertiary/aromatic N) is 4. The van der Waals surface area contributed by atoms with Crippen molar-refractivity contribution in [3.05, 3.63) is 18.5 Å². The van der Waals surface area contributed by atoms with Crippen LogP contribution in [0.25, 0.3) is 0 Å². The molecule has 2 aliphatic rings. The Morgan fingerprint density at radius 1 is 1.23 bits per heavy atom. The molecule has 2 fully saturated rings. The first-order valence-corrected chi connectivity index (χ1v) is 9.20. The molecule has 1 atom stereocenters. The quantitative estimate of drug-likeness (QED) is 0.766. The zero-order valence-corrected chi connectivity index (χ0v) is 15.5. The van der Waals surface area contributed by atoms with E-state index >= 15 is 0 Å². The molecule has 1 unspecified atom stereocenters. The van der Waals surface area contributed by atoms with Crippen LogP contribution in [0.4, 0.5) is 5.95 Å². The minimum absolute atomic E-state index is 0.0688. The second-order valence-corrected chi connectivity index (χ2v) is 7.30. The third-order valence-electron chi connectivity index (χ3n) is 5.02. The Labute approximate surface area is 153 Å². The van der Waals surface area contributed by atoms with Gasteiger partial charge in [-0.3, -0.25) is 9.59 Å². The van der Waals surface area contributed by atoms with Crippen molar-refractivity contribution in [2.24, 2.45) is 5.41 Å². The number of rotatable bonds is 5. The minimum atomic E-state index is -1.09. The molecule has 8 nitrogen and oxygen atoms in total. The van der Waals surface area contributed by atoms with E-state index in [0.29, 0.717) is 38.7 Å². The normalized spacial score (nSPS) is 20.9. The van der Waals surface area contributed by atoms with Crippen molar-refractivity contribution in [2.75, 3.05) is 44.2 Å². The zero-order chi connectivity index (χ0) is 18.6. The molecule has 2 aliphatic heterocycles. The van der Waals surface area contributed by atoms with Crippen molar-refractivity contribution in [3.8, 4) is 0 Å². The van der Waals surface area contributed by atoms with Gasteiger partial charge in [0.2, 0.25) is 17.8 Å². The Balaban J connectivity index is 1.52. The van der Waals surface area contributed by atoms with Crippen LogP contribution in [0.5, 0.6) is 0 Å². The lowest BCUT2D eigenvalue weighted by atomic mass is 9.90. The SMILES string of the molecule is CC(C)(C(=O)NCC1CCCO1)C(=O)N1CCN(c2ncccn2)CC1. The summed E-state index contributed by atoms with van der Waals surface area (Å²) in [6.45, 7) is 7.01. The highest BCUT2D eigenvalue weighted by Crippen LogP contribution is 2.22. The summed E-state index contributed by atoms with van der Waals surface area (Å²) in [7, 11) is 0. The lowest BCUT2D eigenvalue weighted by Crippen LogP contribution is -2.56. The first-order chi connectivity index (χ1) is 12.5. The van der Waals surface area contributed by atoms with Gasteiger partial charge < -0.3 is 19.9 Å².